The highest BCUT2D eigenvalue weighted by molar-refractivity contribution is 5.99. The van der Waals surface area contributed by atoms with Gasteiger partial charge in [-0.1, -0.05) is 54.6 Å². The van der Waals surface area contributed by atoms with E-state index < -0.39 is 5.60 Å². The molecule has 0 amide bonds. The normalized spacial score (nSPS) is 26.2. The van der Waals surface area contributed by atoms with E-state index in [4.69, 9.17) is 4.74 Å². The molecule has 2 aliphatic rings. The maximum absolute atomic E-state index is 13.5. The Bertz CT molecular complexity index is 894. The first-order valence-corrected chi connectivity index (χ1v) is 10.2. The number of rotatable bonds is 3. The van der Waals surface area contributed by atoms with Crippen molar-refractivity contribution in [1.82, 2.24) is 0 Å². The van der Waals surface area contributed by atoms with Crippen LogP contribution in [-0.2, 0) is 21.4 Å². The molecule has 0 aromatic heterocycles. The third-order valence-electron chi connectivity index (χ3n) is 6.31. The molecule has 2 aromatic carbocycles. The number of esters is 1. The Morgan fingerprint density at radius 3 is 2.39 bits per heavy atom. The molecule has 2 aromatic rings. The lowest BCUT2D eigenvalue weighted by atomic mass is 9.70. The zero-order valence-corrected chi connectivity index (χ0v) is 16.9. The van der Waals surface area contributed by atoms with Crippen LogP contribution in [0.15, 0.2) is 54.6 Å². The highest BCUT2D eigenvalue weighted by Crippen LogP contribution is 2.56. The molecule has 3 heteroatoms. The molecule has 28 heavy (non-hydrogen) atoms. The highest BCUT2D eigenvalue weighted by Gasteiger charge is 2.56. The molecular weight excluding hydrogens is 348 g/mol. The summed E-state index contributed by atoms with van der Waals surface area (Å²) < 4.78 is 5.70. The average Bonchev–Trinajstić information content (AvgIpc) is 3.23. The van der Waals surface area contributed by atoms with E-state index in [-0.39, 0.29) is 29.0 Å². The van der Waals surface area contributed by atoms with E-state index in [0.29, 0.717) is 12.8 Å². The number of aryl methyl sites for hydroxylation is 1. The summed E-state index contributed by atoms with van der Waals surface area (Å²) in [5, 5.41) is 0. The molecule has 0 saturated heterocycles. The fraction of sp³-hybridized carbons (Fsp3) is 0.440. The lowest BCUT2D eigenvalue weighted by molar-refractivity contribution is -0.159. The van der Waals surface area contributed by atoms with Crippen molar-refractivity contribution in [1.29, 1.82) is 0 Å². The van der Waals surface area contributed by atoms with Crippen LogP contribution < -0.4 is 0 Å². The number of ether oxygens (including phenoxy) is 1. The Morgan fingerprint density at radius 1 is 1.00 bits per heavy atom. The van der Waals surface area contributed by atoms with Gasteiger partial charge in [0.1, 0.15) is 5.60 Å². The fourth-order valence-electron chi connectivity index (χ4n) is 5.19. The fourth-order valence-corrected chi connectivity index (χ4v) is 5.19. The number of carbonyl (C=O) groups excluding carboxylic acids is 2. The third kappa shape index (κ3) is 3.28. The summed E-state index contributed by atoms with van der Waals surface area (Å²) in [6.45, 7) is 5.69. The minimum Gasteiger partial charge on any atom is -0.460 e. The summed E-state index contributed by atoms with van der Waals surface area (Å²) in [4.78, 5) is 26.4. The maximum Gasteiger partial charge on any atom is 0.309 e. The quantitative estimate of drug-likeness (QED) is 0.551. The SMILES string of the molecule is CC(C)(C)OC(=O)[C@H]1C[C@@H](C(=O)c2ccccc2)[C@@]2(CCc3ccccc32)C1. The first-order chi connectivity index (χ1) is 13.3. The van der Waals surface area contributed by atoms with Crippen molar-refractivity contribution in [3.05, 3.63) is 71.3 Å². The van der Waals surface area contributed by atoms with Gasteiger partial charge in [-0.2, -0.15) is 0 Å². The topological polar surface area (TPSA) is 43.4 Å². The maximum atomic E-state index is 13.5. The molecule has 0 heterocycles. The highest BCUT2D eigenvalue weighted by atomic mass is 16.6. The van der Waals surface area contributed by atoms with Crippen LogP contribution in [0.5, 0.6) is 0 Å². The van der Waals surface area contributed by atoms with Gasteiger partial charge in [-0.25, -0.2) is 0 Å². The van der Waals surface area contributed by atoms with Crippen LogP contribution in [0.1, 0.15) is 61.5 Å². The standard InChI is InChI=1S/C25H28O3/c1-24(2,3)28-23(27)19-15-21(22(26)18-10-5-4-6-11-18)25(16-19)14-13-17-9-7-8-12-20(17)25/h4-12,19,21H,13-16H2,1-3H3/t19-,21-,25-/m0/s1. The van der Waals surface area contributed by atoms with Crippen molar-refractivity contribution in [3.8, 4) is 0 Å². The van der Waals surface area contributed by atoms with Gasteiger partial charge in [0.2, 0.25) is 0 Å². The van der Waals surface area contributed by atoms with Crippen molar-refractivity contribution in [2.24, 2.45) is 11.8 Å². The van der Waals surface area contributed by atoms with Crippen molar-refractivity contribution in [2.45, 2.75) is 57.5 Å². The van der Waals surface area contributed by atoms with E-state index in [2.05, 4.69) is 24.3 Å². The van der Waals surface area contributed by atoms with E-state index in [1.807, 2.05) is 51.1 Å². The van der Waals surface area contributed by atoms with Crippen LogP contribution in [0, 0.1) is 11.8 Å². The second kappa shape index (κ2) is 6.88. The molecule has 4 rings (SSSR count). The van der Waals surface area contributed by atoms with Gasteiger partial charge >= 0.3 is 5.97 Å². The molecule has 3 nitrogen and oxygen atoms in total. The molecule has 0 N–H and O–H groups in total. The first kappa shape index (κ1) is 18.9. The van der Waals surface area contributed by atoms with E-state index in [1.165, 1.54) is 11.1 Å². The van der Waals surface area contributed by atoms with Crippen molar-refractivity contribution in [3.63, 3.8) is 0 Å². The summed E-state index contributed by atoms with van der Waals surface area (Å²) in [7, 11) is 0. The van der Waals surface area contributed by atoms with Gasteiger partial charge in [-0.05, 0) is 57.6 Å². The summed E-state index contributed by atoms with van der Waals surface area (Å²) in [5.41, 5.74) is 2.54. The van der Waals surface area contributed by atoms with E-state index in [1.54, 1.807) is 0 Å². The number of Topliss-reactive ketones (excluding diaryl/α,β-unsaturated/α-hetero) is 1. The second-order valence-electron chi connectivity index (χ2n) is 9.27. The van der Waals surface area contributed by atoms with Gasteiger partial charge in [-0.3, -0.25) is 9.59 Å². The molecule has 3 atom stereocenters. The number of carbonyl (C=O) groups is 2. The van der Waals surface area contributed by atoms with Crippen LogP contribution in [0.25, 0.3) is 0 Å². The molecule has 0 bridgehead atoms. The van der Waals surface area contributed by atoms with E-state index >= 15 is 0 Å². The zero-order chi connectivity index (χ0) is 19.9. The molecule has 1 fully saturated rings. The minimum absolute atomic E-state index is 0.156. The zero-order valence-electron chi connectivity index (χ0n) is 16.9. The van der Waals surface area contributed by atoms with Gasteiger partial charge in [-0.15, -0.1) is 0 Å². The summed E-state index contributed by atoms with van der Waals surface area (Å²) in [6, 6.07) is 17.9. The van der Waals surface area contributed by atoms with Gasteiger partial charge < -0.3 is 4.74 Å². The van der Waals surface area contributed by atoms with Crippen LogP contribution in [-0.4, -0.2) is 17.4 Å². The lowest BCUT2D eigenvalue weighted by Crippen LogP contribution is -2.33. The van der Waals surface area contributed by atoms with Gasteiger partial charge in [0.05, 0.1) is 5.92 Å². The molecule has 0 unspecified atom stereocenters. The van der Waals surface area contributed by atoms with Gasteiger partial charge in [0, 0.05) is 16.9 Å². The molecule has 0 radical (unpaired) electrons. The molecule has 2 aliphatic carbocycles. The van der Waals surface area contributed by atoms with Crippen molar-refractivity contribution in [2.75, 3.05) is 0 Å². The first-order valence-electron chi connectivity index (χ1n) is 10.2. The van der Waals surface area contributed by atoms with Crippen molar-refractivity contribution >= 4 is 11.8 Å². The van der Waals surface area contributed by atoms with Crippen molar-refractivity contribution < 1.29 is 14.3 Å². The molecule has 1 saturated carbocycles. The summed E-state index contributed by atoms with van der Waals surface area (Å²) >= 11 is 0. The van der Waals surface area contributed by atoms with Gasteiger partial charge in [0.25, 0.3) is 0 Å². The Kier molecular flexibility index (Phi) is 4.65. The smallest absolute Gasteiger partial charge is 0.309 e. The molecule has 0 aliphatic heterocycles. The average molecular weight is 376 g/mol. The lowest BCUT2D eigenvalue weighted by Gasteiger charge is -2.32. The summed E-state index contributed by atoms with van der Waals surface area (Å²) in [5.74, 6) is -0.429. The van der Waals surface area contributed by atoms with Crippen LogP contribution >= 0.6 is 0 Å². The number of fused-ring (bicyclic) bond motifs is 2. The van der Waals surface area contributed by atoms with E-state index in [0.717, 1.165) is 18.4 Å². The predicted octanol–water partition coefficient (Wildman–Crippen LogP) is 5.12. The Hall–Kier alpha value is -2.42. The molecule has 1 spiro atoms. The van der Waals surface area contributed by atoms with Gasteiger partial charge in [0.15, 0.2) is 5.78 Å². The predicted molar refractivity (Wildman–Crippen MR) is 109 cm³/mol. The Balaban J connectivity index is 1.72. The second-order valence-corrected chi connectivity index (χ2v) is 9.27. The van der Waals surface area contributed by atoms with Crippen LogP contribution in [0.4, 0.5) is 0 Å². The largest absolute Gasteiger partial charge is 0.460 e. The number of benzene rings is 2. The number of hydrogen-bond acceptors (Lipinski definition) is 3. The molecule has 146 valence electrons. The van der Waals surface area contributed by atoms with E-state index in [9.17, 15) is 9.59 Å². The summed E-state index contributed by atoms with van der Waals surface area (Å²) in [6.07, 6.45) is 3.16. The molecular formula is C25H28O3. The number of hydrogen-bond donors (Lipinski definition) is 0. The monoisotopic (exact) mass is 376 g/mol. The van der Waals surface area contributed by atoms with Crippen LogP contribution in [0.3, 0.4) is 0 Å². The Morgan fingerprint density at radius 2 is 1.68 bits per heavy atom. The minimum atomic E-state index is -0.515. The third-order valence-corrected chi connectivity index (χ3v) is 6.31. The Labute approximate surface area is 167 Å². The number of ketones is 1. The van der Waals surface area contributed by atoms with Crippen LogP contribution in [0.2, 0.25) is 0 Å².